The van der Waals surface area contributed by atoms with E-state index in [0.717, 1.165) is 21.7 Å². The third kappa shape index (κ3) is 3.72. The van der Waals surface area contributed by atoms with Crippen molar-refractivity contribution in [3.8, 4) is 0 Å². The second-order valence-corrected chi connectivity index (χ2v) is 6.09. The monoisotopic (exact) mass is 282 g/mol. The molecule has 0 saturated carbocycles. The summed E-state index contributed by atoms with van der Waals surface area (Å²) >= 11 is 7.67. The Bertz CT molecular complexity index is 456. The van der Waals surface area contributed by atoms with Crippen LogP contribution in [0.2, 0.25) is 0 Å². The number of hydrogen-bond donors (Lipinski definition) is 1. The first-order valence-electron chi connectivity index (χ1n) is 5.38. The lowest BCUT2D eigenvalue weighted by atomic mass is 10.0. The molecule has 0 bridgehead atoms. The Morgan fingerprint density at radius 1 is 1.35 bits per heavy atom. The Kier molecular flexibility index (Phi) is 4.88. The molecule has 1 atom stereocenters. The van der Waals surface area contributed by atoms with Crippen molar-refractivity contribution in [3.05, 3.63) is 41.7 Å². The molecule has 0 fully saturated rings. The third-order valence-electron chi connectivity index (χ3n) is 2.41. The summed E-state index contributed by atoms with van der Waals surface area (Å²) in [5, 5.41) is 0. The normalized spacial score (nSPS) is 12.6. The number of nitrogens with zero attached hydrogens (tertiary/aromatic N) is 2. The van der Waals surface area contributed by atoms with Crippen LogP contribution in [0.5, 0.6) is 0 Å². The first-order valence-corrected chi connectivity index (χ1v) is 7.77. The smallest absolute Gasteiger partial charge is 0.170 e. The second kappa shape index (κ2) is 6.42. The molecule has 5 heteroatoms. The summed E-state index contributed by atoms with van der Waals surface area (Å²) in [7, 11) is 0. The van der Waals surface area contributed by atoms with Gasteiger partial charge in [0.15, 0.2) is 4.34 Å². The minimum Gasteiger partial charge on any atom is -0.213 e. The summed E-state index contributed by atoms with van der Waals surface area (Å²) in [6.07, 6.45) is 0. The molecule has 2 aromatic rings. The van der Waals surface area contributed by atoms with Crippen LogP contribution in [0, 0.1) is 6.92 Å². The minimum absolute atomic E-state index is 0.466. The predicted molar refractivity (Wildman–Crippen MR) is 78.4 cm³/mol. The van der Waals surface area contributed by atoms with Crippen molar-refractivity contribution in [2.45, 2.75) is 17.2 Å². The van der Waals surface area contributed by atoms with Gasteiger partial charge >= 0.3 is 0 Å². The Morgan fingerprint density at radius 3 is 2.71 bits per heavy atom. The van der Waals surface area contributed by atoms with Crippen molar-refractivity contribution in [1.29, 1.82) is 0 Å². The van der Waals surface area contributed by atoms with Gasteiger partial charge in [0, 0.05) is 11.7 Å². The third-order valence-corrected chi connectivity index (χ3v) is 4.94. The Hall–Kier alpha value is -0.520. The molecule has 1 unspecified atom stereocenters. The van der Waals surface area contributed by atoms with Gasteiger partial charge in [-0.25, -0.2) is 4.98 Å². The first kappa shape index (κ1) is 12.9. The van der Waals surface area contributed by atoms with Gasteiger partial charge in [-0.15, -0.1) is 0 Å². The number of aryl methyl sites for hydroxylation is 1. The van der Waals surface area contributed by atoms with Crippen LogP contribution >= 0.6 is 35.9 Å². The van der Waals surface area contributed by atoms with Gasteiger partial charge in [-0.05, 0) is 29.8 Å². The molecule has 0 aliphatic heterocycles. The lowest BCUT2D eigenvalue weighted by molar-refractivity contribution is 0.897. The second-order valence-electron chi connectivity index (χ2n) is 3.71. The highest BCUT2D eigenvalue weighted by Gasteiger charge is 2.11. The van der Waals surface area contributed by atoms with E-state index in [0.29, 0.717) is 5.92 Å². The number of aromatic nitrogens is 2. The molecule has 1 heterocycles. The topological polar surface area (TPSA) is 25.8 Å². The largest absolute Gasteiger partial charge is 0.213 e. The van der Waals surface area contributed by atoms with Crippen molar-refractivity contribution in [2.24, 2.45) is 0 Å². The highest BCUT2D eigenvalue weighted by atomic mass is 32.2. The maximum atomic E-state index is 4.43. The highest BCUT2D eigenvalue weighted by Crippen LogP contribution is 2.27. The molecule has 17 heavy (non-hydrogen) atoms. The molecule has 0 N–H and O–H groups in total. The lowest BCUT2D eigenvalue weighted by Crippen LogP contribution is -2.03. The van der Waals surface area contributed by atoms with E-state index in [2.05, 4.69) is 46.3 Å². The maximum absolute atomic E-state index is 4.43. The van der Waals surface area contributed by atoms with Gasteiger partial charge in [0.25, 0.3) is 0 Å². The van der Waals surface area contributed by atoms with Gasteiger partial charge in [0.1, 0.15) is 5.82 Å². The van der Waals surface area contributed by atoms with E-state index in [4.69, 9.17) is 0 Å². The van der Waals surface area contributed by atoms with Crippen molar-refractivity contribution in [2.75, 3.05) is 11.5 Å². The maximum Gasteiger partial charge on any atom is 0.170 e. The number of thiol groups is 1. The average Bonchev–Trinajstić information content (AvgIpc) is 2.77. The van der Waals surface area contributed by atoms with E-state index in [1.165, 1.54) is 17.1 Å². The molecule has 0 amide bonds. The quantitative estimate of drug-likeness (QED) is 0.669. The van der Waals surface area contributed by atoms with Crippen LogP contribution in [-0.4, -0.2) is 20.9 Å². The molecule has 1 aromatic carbocycles. The Morgan fingerprint density at radius 2 is 2.12 bits per heavy atom. The fourth-order valence-electron chi connectivity index (χ4n) is 1.49. The van der Waals surface area contributed by atoms with Crippen molar-refractivity contribution in [1.82, 2.24) is 9.36 Å². The number of benzene rings is 1. The van der Waals surface area contributed by atoms with Crippen LogP contribution in [0.3, 0.4) is 0 Å². The van der Waals surface area contributed by atoms with Gasteiger partial charge in [-0.2, -0.15) is 17.0 Å². The number of rotatable bonds is 5. The predicted octanol–water partition coefficient (Wildman–Crippen LogP) is 3.65. The summed E-state index contributed by atoms with van der Waals surface area (Å²) in [5.74, 6) is 3.19. The van der Waals surface area contributed by atoms with E-state index >= 15 is 0 Å². The van der Waals surface area contributed by atoms with Gasteiger partial charge in [0.05, 0.1) is 0 Å². The van der Waals surface area contributed by atoms with Crippen LogP contribution in [0.15, 0.2) is 34.7 Å². The fraction of sp³-hybridized carbons (Fsp3) is 0.333. The van der Waals surface area contributed by atoms with Crippen LogP contribution in [0.25, 0.3) is 0 Å². The molecular weight excluding hydrogens is 268 g/mol. The minimum atomic E-state index is 0.466. The van der Waals surface area contributed by atoms with Crippen LogP contribution in [0.4, 0.5) is 0 Å². The van der Waals surface area contributed by atoms with Crippen LogP contribution < -0.4 is 0 Å². The summed E-state index contributed by atoms with van der Waals surface area (Å²) in [5.41, 5.74) is 1.34. The summed E-state index contributed by atoms with van der Waals surface area (Å²) in [6.45, 7) is 1.92. The summed E-state index contributed by atoms with van der Waals surface area (Å²) in [4.78, 5) is 4.36. The molecule has 0 aliphatic rings. The SMILES string of the molecule is Cc1nsc(SCC(CS)c2ccccc2)n1. The molecule has 2 rings (SSSR count). The standard InChI is InChI=1S/C12H14N2S3/c1-9-13-12(17-14-9)16-8-11(7-15)10-5-3-2-4-6-10/h2-6,11,15H,7-8H2,1H3. The molecule has 2 nitrogen and oxygen atoms in total. The average molecular weight is 282 g/mol. The highest BCUT2D eigenvalue weighted by molar-refractivity contribution is 8.01. The van der Waals surface area contributed by atoms with Crippen molar-refractivity contribution in [3.63, 3.8) is 0 Å². The zero-order valence-corrected chi connectivity index (χ0v) is 12.1. The summed E-state index contributed by atoms with van der Waals surface area (Å²) in [6, 6.07) is 10.5. The summed E-state index contributed by atoms with van der Waals surface area (Å²) < 4.78 is 5.23. The zero-order chi connectivity index (χ0) is 12.1. The van der Waals surface area contributed by atoms with E-state index in [9.17, 15) is 0 Å². The number of thioether (sulfide) groups is 1. The molecule has 0 saturated heterocycles. The zero-order valence-electron chi connectivity index (χ0n) is 9.54. The fourth-order valence-corrected chi connectivity index (χ4v) is 3.80. The van der Waals surface area contributed by atoms with E-state index in [1.807, 2.05) is 13.0 Å². The van der Waals surface area contributed by atoms with Crippen molar-refractivity contribution >= 4 is 35.9 Å². The van der Waals surface area contributed by atoms with E-state index < -0.39 is 0 Å². The van der Waals surface area contributed by atoms with Gasteiger partial charge < -0.3 is 0 Å². The van der Waals surface area contributed by atoms with Gasteiger partial charge in [-0.1, -0.05) is 42.1 Å². The van der Waals surface area contributed by atoms with E-state index in [1.54, 1.807) is 11.8 Å². The first-order chi connectivity index (χ1) is 8.29. The molecule has 0 radical (unpaired) electrons. The molecule has 0 spiro atoms. The Labute approximate surface area is 115 Å². The Balaban J connectivity index is 1.97. The molecular formula is C12H14N2S3. The van der Waals surface area contributed by atoms with Crippen LogP contribution in [0.1, 0.15) is 17.3 Å². The van der Waals surface area contributed by atoms with Crippen LogP contribution in [-0.2, 0) is 0 Å². The number of hydrogen-bond acceptors (Lipinski definition) is 5. The molecule has 0 aliphatic carbocycles. The van der Waals surface area contributed by atoms with Gasteiger partial charge in [-0.3, -0.25) is 0 Å². The van der Waals surface area contributed by atoms with E-state index in [-0.39, 0.29) is 0 Å². The van der Waals surface area contributed by atoms with Gasteiger partial charge in [0.2, 0.25) is 0 Å². The molecule has 90 valence electrons. The molecule has 1 aromatic heterocycles. The lowest BCUT2D eigenvalue weighted by Gasteiger charge is -2.13. The van der Waals surface area contributed by atoms with Crippen molar-refractivity contribution < 1.29 is 0 Å².